The molecule has 10 nitrogen and oxygen atoms in total. The van der Waals surface area contributed by atoms with Gasteiger partial charge in [-0.15, -0.1) is 9.90 Å². The highest BCUT2D eigenvalue weighted by Gasteiger charge is 2.16. The number of hydrogen-bond acceptors (Lipinski definition) is 7. The molecule has 130 valence electrons. The van der Waals surface area contributed by atoms with Crippen LogP contribution in [0.15, 0.2) is 53.5 Å². The number of tetrazole rings is 1. The van der Waals surface area contributed by atoms with E-state index in [1.807, 2.05) is 0 Å². The van der Waals surface area contributed by atoms with E-state index < -0.39 is 10.8 Å². The van der Waals surface area contributed by atoms with Crippen LogP contribution in [0.4, 0.5) is 11.6 Å². The Morgan fingerprint density at radius 3 is 2.85 bits per heavy atom. The number of rotatable bonds is 6. The summed E-state index contributed by atoms with van der Waals surface area (Å²) in [7, 11) is 0. The Morgan fingerprint density at radius 1 is 1.31 bits per heavy atom. The molecule has 0 aliphatic carbocycles. The van der Waals surface area contributed by atoms with E-state index in [1.165, 1.54) is 24.4 Å². The number of para-hydroxylation sites is 1. The van der Waals surface area contributed by atoms with Crippen LogP contribution in [-0.2, 0) is 4.79 Å². The molecule has 3 aromatic rings. The Balaban J connectivity index is 1.72. The number of aromatic nitrogens is 4. The van der Waals surface area contributed by atoms with Crippen LogP contribution in [0.3, 0.4) is 0 Å². The van der Waals surface area contributed by atoms with Gasteiger partial charge in [-0.3, -0.25) is 20.2 Å². The van der Waals surface area contributed by atoms with Crippen molar-refractivity contribution < 1.29 is 14.1 Å². The van der Waals surface area contributed by atoms with Crippen molar-refractivity contribution in [1.82, 2.24) is 20.2 Å². The third-order valence-corrected chi connectivity index (χ3v) is 3.22. The minimum Gasteiger partial charge on any atom is -0.456 e. The number of carbonyl (C=O) groups excluding carboxylic acids is 1. The molecule has 26 heavy (non-hydrogen) atoms. The molecule has 0 unspecified atom stereocenters. The molecule has 0 saturated carbocycles. The van der Waals surface area contributed by atoms with Gasteiger partial charge in [0.2, 0.25) is 0 Å². The topological polar surface area (TPSA) is 129 Å². The van der Waals surface area contributed by atoms with Crippen LogP contribution in [0.1, 0.15) is 5.76 Å². The summed E-state index contributed by atoms with van der Waals surface area (Å²) in [5.74, 6) is 0.223. The number of benzene rings is 1. The lowest BCUT2D eigenvalue weighted by atomic mass is 10.1. The summed E-state index contributed by atoms with van der Waals surface area (Å²) >= 11 is 0. The fourth-order valence-corrected chi connectivity index (χ4v) is 2.09. The third kappa shape index (κ3) is 3.70. The van der Waals surface area contributed by atoms with Gasteiger partial charge in [-0.25, -0.2) is 0 Å². The van der Waals surface area contributed by atoms with Crippen molar-refractivity contribution in [2.45, 2.75) is 0 Å². The van der Waals surface area contributed by atoms with Crippen LogP contribution in [-0.4, -0.2) is 31.0 Å². The number of hydrogen-bond donors (Lipinski definition) is 1. The van der Waals surface area contributed by atoms with Gasteiger partial charge in [0.15, 0.2) is 0 Å². The van der Waals surface area contributed by atoms with E-state index in [2.05, 4.69) is 27.3 Å². The number of carbonyl (C=O) groups is 1. The monoisotopic (exact) mass is 352 g/mol. The van der Waals surface area contributed by atoms with Gasteiger partial charge in [0.1, 0.15) is 11.5 Å². The highest BCUT2D eigenvalue weighted by Crippen LogP contribution is 2.31. The molecular formula is C16H12N6O4. The lowest BCUT2D eigenvalue weighted by molar-refractivity contribution is -0.384. The van der Waals surface area contributed by atoms with Crippen molar-refractivity contribution in [3.05, 3.63) is 64.9 Å². The van der Waals surface area contributed by atoms with Gasteiger partial charge >= 0.3 is 0 Å². The minimum absolute atomic E-state index is 0.0274. The molecule has 3 rings (SSSR count). The zero-order valence-electron chi connectivity index (χ0n) is 13.3. The van der Waals surface area contributed by atoms with E-state index in [9.17, 15) is 14.9 Å². The summed E-state index contributed by atoms with van der Waals surface area (Å²) in [6.45, 7) is 3.46. The zero-order valence-corrected chi connectivity index (χ0v) is 13.3. The van der Waals surface area contributed by atoms with Crippen molar-refractivity contribution in [2.75, 3.05) is 5.32 Å². The number of nitrogens with one attached hydrogen (secondary N) is 1. The zero-order chi connectivity index (χ0) is 18.5. The summed E-state index contributed by atoms with van der Waals surface area (Å²) in [6.07, 6.45) is 3.97. The first kappa shape index (κ1) is 16.8. The lowest BCUT2D eigenvalue weighted by Crippen LogP contribution is -2.09. The lowest BCUT2D eigenvalue weighted by Gasteiger charge is -1.98. The van der Waals surface area contributed by atoms with Crippen molar-refractivity contribution in [3.63, 3.8) is 0 Å². The number of nitro groups is 1. The molecule has 2 aromatic heterocycles. The van der Waals surface area contributed by atoms with E-state index in [1.54, 1.807) is 30.3 Å². The van der Waals surface area contributed by atoms with Gasteiger partial charge in [0.25, 0.3) is 17.5 Å². The first-order chi connectivity index (χ1) is 12.6. The second kappa shape index (κ2) is 7.21. The summed E-state index contributed by atoms with van der Waals surface area (Å²) in [6, 6.07) is 9.43. The summed E-state index contributed by atoms with van der Waals surface area (Å²) < 4.78 is 5.55. The van der Waals surface area contributed by atoms with Crippen molar-refractivity contribution in [3.8, 4) is 11.3 Å². The van der Waals surface area contributed by atoms with Crippen LogP contribution in [0, 0.1) is 10.1 Å². The molecule has 1 aromatic carbocycles. The van der Waals surface area contributed by atoms with Crippen LogP contribution < -0.4 is 5.32 Å². The van der Waals surface area contributed by atoms with Gasteiger partial charge in [-0.05, 0) is 29.5 Å². The molecule has 0 aliphatic rings. The fraction of sp³-hybridized carbons (Fsp3) is 0. The highest BCUT2D eigenvalue weighted by atomic mass is 16.6. The average Bonchev–Trinajstić information content (AvgIpc) is 3.29. The van der Waals surface area contributed by atoms with Crippen LogP contribution >= 0.6 is 0 Å². The van der Waals surface area contributed by atoms with Gasteiger partial charge in [0, 0.05) is 18.3 Å². The van der Waals surface area contributed by atoms with Gasteiger partial charge in [0.05, 0.1) is 10.5 Å². The first-order valence-electron chi connectivity index (χ1n) is 7.31. The number of furan rings is 1. The number of amides is 1. The largest absolute Gasteiger partial charge is 0.456 e. The smallest absolute Gasteiger partial charge is 0.280 e. The highest BCUT2D eigenvalue weighted by molar-refractivity contribution is 6.00. The van der Waals surface area contributed by atoms with E-state index >= 15 is 0 Å². The summed E-state index contributed by atoms with van der Waals surface area (Å²) in [4.78, 5) is 23.5. The van der Waals surface area contributed by atoms with Crippen molar-refractivity contribution in [2.24, 2.45) is 0 Å². The molecular weight excluding hydrogens is 340 g/mol. The van der Waals surface area contributed by atoms with E-state index in [4.69, 9.17) is 4.42 Å². The van der Waals surface area contributed by atoms with Crippen molar-refractivity contribution >= 4 is 29.8 Å². The fourth-order valence-electron chi connectivity index (χ4n) is 2.09. The third-order valence-electron chi connectivity index (χ3n) is 3.22. The van der Waals surface area contributed by atoms with Crippen LogP contribution in [0.5, 0.6) is 0 Å². The molecule has 1 amide bonds. The molecule has 0 fully saturated rings. The van der Waals surface area contributed by atoms with Gasteiger partial charge in [-0.1, -0.05) is 23.8 Å². The number of nitro benzene ring substituents is 1. The summed E-state index contributed by atoms with van der Waals surface area (Å²) in [5, 5.41) is 24.5. The molecule has 0 bridgehead atoms. The van der Waals surface area contributed by atoms with Crippen LogP contribution in [0.25, 0.3) is 23.6 Å². The molecule has 0 saturated heterocycles. The standard InChI is InChI=1S/C16H12N6O4/c1-2-21-19-16(18-20-21)17-15(23)10-8-11-7-9-14(26-11)12-5-3-4-6-13(12)22(24)25/h2-10H,1H2,(H,17,19,23)/b10-8+. The summed E-state index contributed by atoms with van der Waals surface area (Å²) in [5.41, 5.74) is 0.290. The Hall–Kier alpha value is -4.08. The Morgan fingerprint density at radius 2 is 2.12 bits per heavy atom. The Bertz CT molecular complexity index is 1000. The molecule has 0 aliphatic heterocycles. The van der Waals surface area contributed by atoms with E-state index in [0.29, 0.717) is 17.1 Å². The molecule has 0 radical (unpaired) electrons. The first-order valence-corrected chi connectivity index (χ1v) is 7.31. The quantitative estimate of drug-likeness (QED) is 0.410. The van der Waals surface area contributed by atoms with Gasteiger partial charge < -0.3 is 4.42 Å². The normalized spacial score (nSPS) is 10.8. The molecule has 0 atom stereocenters. The predicted octanol–water partition coefficient (Wildman–Crippen LogP) is 2.59. The minimum atomic E-state index is -0.489. The maximum atomic E-state index is 11.8. The number of anilines is 1. The van der Waals surface area contributed by atoms with Crippen molar-refractivity contribution in [1.29, 1.82) is 0 Å². The second-order valence-electron chi connectivity index (χ2n) is 4.91. The maximum absolute atomic E-state index is 11.8. The number of nitrogens with zero attached hydrogens (tertiary/aromatic N) is 5. The molecule has 0 spiro atoms. The van der Waals surface area contributed by atoms with E-state index in [-0.39, 0.29) is 11.6 Å². The van der Waals surface area contributed by atoms with Crippen LogP contribution in [0.2, 0.25) is 0 Å². The SMILES string of the molecule is C=Cn1nnc(NC(=O)/C=C/c2ccc(-c3ccccc3[N+](=O)[O-])o2)n1. The van der Waals surface area contributed by atoms with Gasteiger partial charge in [-0.2, -0.15) is 0 Å². The predicted molar refractivity (Wildman–Crippen MR) is 92.7 cm³/mol. The Kier molecular flexibility index (Phi) is 4.65. The molecule has 2 heterocycles. The second-order valence-corrected chi connectivity index (χ2v) is 4.91. The average molecular weight is 352 g/mol. The van der Waals surface area contributed by atoms with E-state index in [0.717, 1.165) is 4.80 Å². The molecule has 10 heteroatoms. The Labute approximate surface area is 146 Å². The maximum Gasteiger partial charge on any atom is 0.280 e. The molecule has 1 N–H and O–H groups in total.